The molecule has 2 amide bonds. The Hall–Kier alpha value is -1.36. The number of amides is 2. The van der Waals surface area contributed by atoms with Crippen molar-refractivity contribution >= 4 is 23.2 Å². The second-order valence-electron chi connectivity index (χ2n) is 5.66. The van der Waals surface area contributed by atoms with Crippen LogP contribution in [-0.4, -0.2) is 29.8 Å². The molecule has 1 aliphatic heterocycles. The summed E-state index contributed by atoms with van der Waals surface area (Å²) in [5.41, 5.74) is 6.67. The predicted octanol–water partition coefficient (Wildman–Crippen LogP) is 2.60. The van der Waals surface area contributed by atoms with Gasteiger partial charge in [0.15, 0.2) is 0 Å². The van der Waals surface area contributed by atoms with E-state index in [1.165, 1.54) is 10.4 Å². The minimum absolute atomic E-state index is 0.0583. The van der Waals surface area contributed by atoms with Gasteiger partial charge in [0.25, 0.3) is 5.91 Å². The van der Waals surface area contributed by atoms with E-state index in [4.69, 9.17) is 5.73 Å². The van der Waals surface area contributed by atoms with Crippen LogP contribution in [0.2, 0.25) is 0 Å². The van der Waals surface area contributed by atoms with Crippen LogP contribution in [0.3, 0.4) is 0 Å². The lowest BCUT2D eigenvalue weighted by Gasteiger charge is -2.30. The Morgan fingerprint density at radius 2 is 2.19 bits per heavy atom. The minimum Gasteiger partial charge on any atom is -0.369 e. The number of rotatable bonds is 5. The first-order chi connectivity index (χ1) is 10.1. The van der Waals surface area contributed by atoms with Crippen LogP contribution in [0.25, 0.3) is 0 Å². The van der Waals surface area contributed by atoms with Crippen molar-refractivity contribution in [3.63, 3.8) is 0 Å². The van der Waals surface area contributed by atoms with E-state index >= 15 is 0 Å². The van der Waals surface area contributed by atoms with Gasteiger partial charge in [-0.1, -0.05) is 20.3 Å². The molecule has 1 fully saturated rings. The Bertz CT molecular complexity index is 524. The van der Waals surface area contributed by atoms with Crippen molar-refractivity contribution in [1.82, 2.24) is 4.90 Å². The Morgan fingerprint density at radius 1 is 1.43 bits per heavy atom. The molecule has 1 atom stereocenters. The van der Waals surface area contributed by atoms with Gasteiger partial charge in [-0.15, -0.1) is 11.3 Å². The maximum Gasteiger partial charge on any atom is 0.263 e. The lowest BCUT2D eigenvalue weighted by atomic mass is 9.97. The second-order valence-corrected chi connectivity index (χ2v) is 6.79. The fraction of sp³-hybridized carbons (Fsp3) is 0.625. The molecule has 4 nitrogen and oxygen atoms in total. The molecule has 0 saturated carbocycles. The number of aryl methyl sites for hydroxylation is 2. The molecule has 1 aliphatic rings. The third-order valence-corrected chi connectivity index (χ3v) is 5.30. The van der Waals surface area contributed by atoms with Crippen LogP contribution in [0.15, 0.2) is 6.07 Å². The lowest BCUT2D eigenvalue weighted by Crippen LogP contribution is -2.43. The van der Waals surface area contributed by atoms with Crippen molar-refractivity contribution in [3.05, 3.63) is 21.4 Å². The van der Waals surface area contributed by atoms with Crippen molar-refractivity contribution in [2.45, 2.75) is 46.0 Å². The summed E-state index contributed by atoms with van der Waals surface area (Å²) >= 11 is 1.61. The van der Waals surface area contributed by atoms with Gasteiger partial charge < -0.3 is 10.6 Å². The van der Waals surface area contributed by atoms with Crippen LogP contribution in [-0.2, 0) is 17.6 Å². The van der Waals surface area contributed by atoms with Crippen LogP contribution in [0.1, 0.15) is 53.2 Å². The summed E-state index contributed by atoms with van der Waals surface area (Å²) in [4.78, 5) is 27.9. The first-order valence-electron chi connectivity index (χ1n) is 7.77. The SMILES string of the molecule is CCCc1sc(C(=O)N2CCCC(C(N)=O)C2)cc1CC. The summed E-state index contributed by atoms with van der Waals surface area (Å²) in [5, 5.41) is 0. The van der Waals surface area contributed by atoms with Crippen LogP contribution >= 0.6 is 11.3 Å². The van der Waals surface area contributed by atoms with E-state index in [9.17, 15) is 9.59 Å². The van der Waals surface area contributed by atoms with Gasteiger partial charge >= 0.3 is 0 Å². The number of hydrogen-bond donors (Lipinski definition) is 1. The highest BCUT2D eigenvalue weighted by Gasteiger charge is 2.28. The van der Waals surface area contributed by atoms with Crippen molar-refractivity contribution in [2.24, 2.45) is 11.7 Å². The molecule has 1 unspecified atom stereocenters. The molecule has 2 rings (SSSR count). The van der Waals surface area contributed by atoms with Crippen molar-refractivity contribution in [1.29, 1.82) is 0 Å². The molecule has 5 heteroatoms. The molecule has 2 N–H and O–H groups in total. The average Bonchev–Trinajstić information content (AvgIpc) is 2.90. The summed E-state index contributed by atoms with van der Waals surface area (Å²) in [6.07, 6.45) is 4.74. The first kappa shape index (κ1) is 16.0. The highest BCUT2D eigenvalue weighted by Crippen LogP contribution is 2.27. The maximum atomic E-state index is 12.6. The number of primary amides is 1. The third kappa shape index (κ3) is 3.64. The number of carbonyl (C=O) groups is 2. The quantitative estimate of drug-likeness (QED) is 0.908. The van der Waals surface area contributed by atoms with E-state index in [1.54, 1.807) is 16.2 Å². The minimum atomic E-state index is -0.292. The molecule has 0 aliphatic carbocycles. The second kappa shape index (κ2) is 7.07. The van der Waals surface area contributed by atoms with E-state index < -0.39 is 0 Å². The Labute approximate surface area is 130 Å². The zero-order valence-corrected chi connectivity index (χ0v) is 13.7. The zero-order chi connectivity index (χ0) is 15.4. The van der Waals surface area contributed by atoms with E-state index in [0.29, 0.717) is 6.54 Å². The average molecular weight is 308 g/mol. The summed E-state index contributed by atoms with van der Waals surface area (Å²) in [6, 6.07) is 2.03. The van der Waals surface area contributed by atoms with E-state index in [-0.39, 0.29) is 17.7 Å². The number of nitrogens with two attached hydrogens (primary N) is 1. The first-order valence-corrected chi connectivity index (χ1v) is 8.58. The van der Waals surface area contributed by atoms with Crippen LogP contribution < -0.4 is 5.73 Å². The fourth-order valence-corrected chi connectivity index (χ4v) is 4.18. The van der Waals surface area contributed by atoms with Gasteiger partial charge in [0.1, 0.15) is 0 Å². The maximum absolute atomic E-state index is 12.6. The largest absolute Gasteiger partial charge is 0.369 e. The number of nitrogens with zero attached hydrogens (tertiary/aromatic N) is 1. The monoisotopic (exact) mass is 308 g/mol. The molecule has 1 aromatic heterocycles. The van der Waals surface area contributed by atoms with Crippen LogP contribution in [0.5, 0.6) is 0 Å². The van der Waals surface area contributed by atoms with Gasteiger partial charge in [0.2, 0.25) is 5.91 Å². The van der Waals surface area contributed by atoms with E-state index in [0.717, 1.165) is 43.5 Å². The number of likely N-dealkylation sites (tertiary alicyclic amines) is 1. The number of thiophene rings is 1. The zero-order valence-electron chi connectivity index (χ0n) is 12.9. The molecule has 0 spiro atoms. The van der Waals surface area contributed by atoms with Gasteiger partial charge in [0, 0.05) is 18.0 Å². The van der Waals surface area contributed by atoms with Gasteiger partial charge in [-0.2, -0.15) is 0 Å². The molecular weight excluding hydrogens is 284 g/mol. The number of hydrogen-bond acceptors (Lipinski definition) is 3. The smallest absolute Gasteiger partial charge is 0.263 e. The van der Waals surface area contributed by atoms with Gasteiger partial charge in [-0.05, 0) is 37.3 Å². The van der Waals surface area contributed by atoms with E-state index in [2.05, 4.69) is 13.8 Å². The normalized spacial score (nSPS) is 18.8. The molecule has 1 saturated heterocycles. The summed E-state index contributed by atoms with van der Waals surface area (Å²) in [6.45, 7) is 5.48. The predicted molar refractivity (Wildman–Crippen MR) is 85.5 cm³/mol. The lowest BCUT2D eigenvalue weighted by molar-refractivity contribution is -0.123. The molecule has 21 heavy (non-hydrogen) atoms. The van der Waals surface area contributed by atoms with Crippen molar-refractivity contribution in [2.75, 3.05) is 13.1 Å². The Balaban J connectivity index is 2.13. The highest BCUT2D eigenvalue weighted by molar-refractivity contribution is 7.14. The molecule has 1 aromatic rings. The highest BCUT2D eigenvalue weighted by atomic mass is 32.1. The summed E-state index contributed by atoms with van der Waals surface area (Å²) < 4.78 is 0. The Morgan fingerprint density at radius 3 is 2.81 bits per heavy atom. The van der Waals surface area contributed by atoms with Gasteiger partial charge in [0.05, 0.1) is 10.8 Å². The third-order valence-electron chi connectivity index (χ3n) is 4.08. The van der Waals surface area contributed by atoms with Crippen molar-refractivity contribution in [3.8, 4) is 0 Å². The van der Waals surface area contributed by atoms with Crippen molar-refractivity contribution < 1.29 is 9.59 Å². The summed E-state index contributed by atoms with van der Waals surface area (Å²) in [5.74, 6) is -0.425. The van der Waals surface area contributed by atoms with Gasteiger partial charge in [-0.25, -0.2) is 0 Å². The molecular formula is C16H24N2O2S. The van der Waals surface area contributed by atoms with Crippen LogP contribution in [0.4, 0.5) is 0 Å². The fourth-order valence-electron chi connectivity index (χ4n) is 2.86. The summed E-state index contributed by atoms with van der Waals surface area (Å²) in [7, 11) is 0. The topological polar surface area (TPSA) is 63.4 Å². The molecule has 2 heterocycles. The number of piperidine rings is 1. The Kier molecular flexibility index (Phi) is 5.39. The van der Waals surface area contributed by atoms with Crippen LogP contribution in [0, 0.1) is 5.92 Å². The molecule has 0 radical (unpaired) electrons. The standard InChI is InChI=1S/C16H24N2O2S/c1-3-6-13-11(4-2)9-14(21-13)16(20)18-8-5-7-12(10-18)15(17)19/h9,12H,3-8,10H2,1-2H3,(H2,17,19). The molecule has 0 bridgehead atoms. The molecule has 116 valence electrons. The van der Waals surface area contributed by atoms with Gasteiger partial charge in [-0.3, -0.25) is 9.59 Å². The van der Waals surface area contributed by atoms with E-state index in [1.807, 2.05) is 6.07 Å². The number of carbonyl (C=O) groups excluding carboxylic acids is 2. The molecule has 0 aromatic carbocycles.